The molecule has 5 heteroatoms. The highest BCUT2D eigenvalue weighted by molar-refractivity contribution is 7.88. The Labute approximate surface area is 119 Å². The Hall–Kier alpha value is -1.85. The van der Waals surface area contributed by atoms with E-state index in [-0.39, 0.29) is 5.75 Å². The molecule has 0 radical (unpaired) electrons. The van der Waals surface area contributed by atoms with Crippen molar-refractivity contribution in [2.24, 2.45) is 0 Å². The topological polar surface area (TPSA) is 55.4 Å². The minimum absolute atomic E-state index is 0.0253. The van der Waals surface area contributed by atoms with Crippen molar-refractivity contribution in [2.75, 3.05) is 7.05 Å². The Kier molecular flexibility index (Phi) is 4.76. The molecule has 0 aliphatic carbocycles. The molecule has 0 aliphatic heterocycles. The normalized spacial score (nSPS) is 11.2. The van der Waals surface area contributed by atoms with Crippen LogP contribution >= 0.6 is 0 Å². The number of hydrogen-bond acceptors (Lipinski definition) is 3. The predicted molar refractivity (Wildman–Crippen MR) is 78.9 cm³/mol. The monoisotopic (exact) mass is 291 g/mol. The van der Waals surface area contributed by atoms with E-state index < -0.39 is 10.0 Å². The molecule has 0 amide bonds. The molecule has 0 fully saturated rings. The highest BCUT2D eigenvalue weighted by atomic mass is 32.2. The van der Waals surface area contributed by atoms with Gasteiger partial charge in [0.1, 0.15) is 12.4 Å². The number of hydrogen-bond donors (Lipinski definition) is 1. The van der Waals surface area contributed by atoms with Crippen LogP contribution in [0.5, 0.6) is 5.75 Å². The summed E-state index contributed by atoms with van der Waals surface area (Å²) in [5.41, 5.74) is 1.82. The molecule has 0 saturated carbocycles. The maximum Gasteiger partial charge on any atom is 0.215 e. The summed E-state index contributed by atoms with van der Waals surface area (Å²) in [5, 5.41) is 0. The second kappa shape index (κ2) is 6.54. The summed E-state index contributed by atoms with van der Waals surface area (Å²) >= 11 is 0. The van der Waals surface area contributed by atoms with Gasteiger partial charge in [-0.15, -0.1) is 0 Å². The molecule has 106 valence electrons. The average Bonchev–Trinajstić information content (AvgIpc) is 2.47. The summed E-state index contributed by atoms with van der Waals surface area (Å²) in [6, 6.07) is 17.0. The molecular formula is C15H17NO3S. The van der Waals surface area contributed by atoms with Crippen molar-refractivity contribution in [3.63, 3.8) is 0 Å². The smallest absolute Gasteiger partial charge is 0.215 e. The zero-order chi connectivity index (χ0) is 14.4. The van der Waals surface area contributed by atoms with E-state index in [1.807, 2.05) is 30.3 Å². The first-order valence-electron chi connectivity index (χ1n) is 6.26. The molecule has 0 atom stereocenters. The van der Waals surface area contributed by atoms with E-state index in [1.165, 1.54) is 7.05 Å². The SMILES string of the molecule is CNS(=O)(=O)Cc1ccc(OCc2ccccc2)cc1. The fraction of sp³-hybridized carbons (Fsp3) is 0.200. The van der Waals surface area contributed by atoms with E-state index in [9.17, 15) is 8.42 Å². The maximum absolute atomic E-state index is 11.4. The quantitative estimate of drug-likeness (QED) is 0.888. The van der Waals surface area contributed by atoms with Gasteiger partial charge in [0.05, 0.1) is 5.75 Å². The van der Waals surface area contributed by atoms with Crippen LogP contribution in [-0.4, -0.2) is 15.5 Å². The van der Waals surface area contributed by atoms with Crippen molar-refractivity contribution in [3.8, 4) is 5.75 Å². The lowest BCUT2D eigenvalue weighted by atomic mass is 10.2. The minimum Gasteiger partial charge on any atom is -0.489 e. The van der Waals surface area contributed by atoms with E-state index >= 15 is 0 Å². The Morgan fingerprint density at radius 2 is 1.60 bits per heavy atom. The first-order valence-corrected chi connectivity index (χ1v) is 7.91. The number of rotatable bonds is 6. The Balaban J connectivity index is 1.95. The summed E-state index contributed by atoms with van der Waals surface area (Å²) < 4.78 is 30.8. The molecule has 20 heavy (non-hydrogen) atoms. The highest BCUT2D eigenvalue weighted by Gasteiger charge is 2.08. The van der Waals surface area contributed by atoms with Crippen molar-refractivity contribution in [2.45, 2.75) is 12.4 Å². The zero-order valence-electron chi connectivity index (χ0n) is 11.2. The lowest BCUT2D eigenvalue weighted by molar-refractivity contribution is 0.306. The van der Waals surface area contributed by atoms with Gasteiger partial charge in [0, 0.05) is 0 Å². The predicted octanol–water partition coefficient (Wildman–Crippen LogP) is 2.31. The van der Waals surface area contributed by atoms with Crippen molar-refractivity contribution >= 4 is 10.0 Å². The van der Waals surface area contributed by atoms with Gasteiger partial charge in [-0.25, -0.2) is 13.1 Å². The third-order valence-corrected chi connectivity index (χ3v) is 4.17. The van der Waals surface area contributed by atoms with Crippen LogP contribution in [0.1, 0.15) is 11.1 Å². The van der Waals surface area contributed by atoms with E-state index in [0.29, 0.717) is 6.61 Å². The second-order valence-corrected chi connectivity index (χ2v) is 6.31. The molecule has 0 aliphatic rings. The van der Waals surface area contributed by atoms with Gasteiger partial charge in [-0.05, 0) is 30.3 Å². The fourth-order valence-corrected chi connectivity index (χ4v) is 2.49. The van der Waals surface area contributed by atoms with Gasteiger partial charge >= 0.3 is 0 Å². The van der Waals surface area contributed by atoms with Gasteiger partial charge in [-0.1, -0.05) is 42.5 Å². The van der Waals surface area contributed by atoms with Gasteiger partial charge in [0.2, 0.25) is 10.0 Å². The fourth-order valence-electron chi connectivity index (χ4n) is 1.71. The first-order chi connectivity index (χ1) is 9.59. The summed E-state index contributed by atoms with van der Waals surface area (Å²) in [7, 11) is -1.82. The molecule has 0 saturated heterocycles. The standard InChI is InChI=1S/C15H17NO3S/c1-16-20(17,18)12-14-7-9-15(10-8-14)19-11-13-5-3-2-4-6-13/h2-10,16H,11-12H2,1H3. The molecule has 4 nitrogen and oxygen atoms in total. The molecule has 2 aromatic rings. The lowest BCUT2D eigenvalue weighted by Crippen LogP contribution is -2.20. The molecular weight excluding hydrogens is 274 g/mol. The van der Waals surface area contributed by atoms with E-state index in [1.54, 1.807) is 24.3 Å². The van der Waals surface area contributed by atoms with Crippen LogP contribution in [0.25, 0.3) is 0 Å². The van der Waals surface area contributed by atoms with Crippen LogP contribution in [0.15, 0.2) is 54.6 Å². The van der Waals surface area contributed by atoms with E-state index in [4.69, 9.17) is 4.74 Å². The summed E-state index contributed by atoms with van der Waals surface area (Å²) in [4.78, 5) is 0. The highest BCUT2D eigenvalue weighted by Crippen LogP contribution is 2.15. The average molecular weight is 291 g/mol. The third-order valence-electron chi connectivity index (χ3n) is 2.84. The molecule has 0 bridgehead atoms. The molecule has 0 spiro atoms. The second-order valence-electron chi connectivity index (χ2n) is 4.38. The first kappa shape index (κ1) is 14.6. The van der Waals surface area contributed by atoms with Gasteiger partial charge in [0.15, 0.2) is 0 Å². The van der Waals surface area contributed by atoms with Crippen LogP contribution in [0.2, 0.25) is 0 Å². The minimum atomic E-state index is -3.23. The largest absolute Gasteiger partial charge is 0.489 e. The van der Waals surface area contributed by atoms with Gasteiger partial charge in [-0.3, -0.25) is 0 Å². The molecule has 0 unspecified atom stereocenters. The Bertz CT molecular complexity index is 637. The summed E-state index contributed by atoms with van der Waals surface area (Å²) in [6.45, 7) is 0.495. The van der Waals surface area contributed by atoms with Crippen LogP contribution in [0, 0.1) is 0 Å². The summed E-state index contributed by atoms with van der Waals surface area (Å²) in [5.74, 6) is 0.696. The van der Waals surface area contributed by atoms with Crippen molar-refractivity contribution in [1.82, 2.24) is 4.72 Å². The van der Waals surface area contributed by atoms with Crippen LogP contribution in [0.3, 0.4) is 0 Å². The van der Waals surface area contributed by atoms with E-state index in [0.717, 1.165) is 16.9 Å². The number of nitrogens with one attached hydrogen (secondary N) is 1. The van der Waals surface area contributed by atoms with Crippen molar-refractivity contribution in [3.05, 3.63) is 65.7 Å². The van der Waals surface area contributed by atoms with Crippen LogP contribution in [0.4, 0.5) is 0 Å². The van der Waals surface area contributed by atoms with E-state index in [2.05, 4.69) is 4.72 Å². The number of ether oxygens (including phenoxy) is 1. The molecule has 2 rings (SSSR count). The third kappa shape index (κ3) is 4.36. The number of benzene rings is 2. The van der Waals surface area contributed by atoms with Crippen molar-refractivity contribution < 1.29 is 13.2 Å². The molecule has 0 aromatic heterocycles. The van der Waals surface area contributed by atoms with Crippen LogP contribution < -0.4 is 9.46 Å². The molecule has 0 heterocycles. The lowest BCUT2D eigenvalue weighted by Gasteiger charge is -2.07. The Morgan fingerprint density at radius 1 is 0.950 bits per heavy atom. The van der Waals surface area contributed by atoms with Crippen LogP contribution in [-0.2, 0) is 22.4 Å². The molecule has 2 aromatic carbocycles. The van der Waals surface area contributed by atoms with Gasteiger partial charge in [-0.2, -0.15) is 0 Å². The van der Waals surface area contributed by atoms with Gasteiger partial charge < -0.3 is 4.74 Å². The number of sulfonamides is 1. The van der Waals surface area contributed by atoms with Crippen molar-refractivity contribution in [1.29, 1.82) is 0 Å². The van der Waals surface area contributed by atoms with Gasteiger partial charge in [0.25, 0.3) is 0 Å². The maximum atomic E-state index is 11.4. The zero-order valence-corrected chi connectivity index (χ0v) is 12.1. The summed E-state index contributed by atoms with van der Waals surface area (Å²) in [6.07, 6.45) is 0. The Morgan fingerprint density at radius 3 is 2.20 bits per heavy atom. The molecule has 1 N–H and O–H groups in total.